The molecule has 96 valence electrons. The van der Waals surface area contributed by atoms with Crippen LogP contribution in [0.3, 0.4) is 0 Å². The van der Waals surface area contributed by atoms with Crippen LogP contribution in [0.5, 0.6) is 0 Å². The first kappa shape index (κ1) is 11.6. The Morgan fingerprint density at radius 1 is 1.26 bits per heavy atom. The van der Waals surface area contributed by atoms with Crippen molar-refractivity contribution in [1.29, 1.82) is 0 Å². The van der Waals surface area contributed by atoms with E-state index in [1.165, 1.54) is 23.4 Å². The SMILES string of the molecule is Nc1ncc2ncn(-n3cc(Br)c(=O)[nH]c3=O)c2n1. The maximum absolute atomic E-state index is 11.8. The van der Waals surface area contributed by atoms with Gasteiger partial charge in [0.1, 0.15) is 16.3 Å². The van der Waals surface area contributed by atoms with Gasteiger partial charge in [0.15, 0.2) is 5.65 Å². The topological polar surface area (TPSA) is 124 Å². The van der Waals surface area contributed by atoms with Crippen molar-refractivity contribution in [2.45, 2.75) is 0 Å². The Bertz CT molecular complexity index is 893. The molecular weight excluding hydrogens is 318 g/mol. The number of halogens is 1. The van der Waals surface area contributed by atoms with E-state index in [2.05, 4.69) is 35.9 Å². The minimum absolute atomic E-state index is 0.0609. The molecule has 3 aromatic rings. The third-order valence-electron chi connectivity index (χ3n) is 2.41. The highest BCUT2D eigenvalue weighted by Crippen LogP contribution is 2.09. The Balaban J connectivity index is 2.36. The summed E-state index contributed by atoms with van der Waals surface area (Å²) in [6, 6.07) is 0. The number of H-pyrrole nitrogens is 1. The van der Waals surface area contributed by atoms with E-state index < -0.39 is 11.2 Å². The molecular formula is C9H6BrN7O2. The number of fused-ring (bicyclic) bond motifs is 1. The summed E-state index contributed by atoms with van der Waals surface area (Å²) in [7, 11) is 0. The van der Waals surface area contributed by atoms with Crippen LogP contribution in [0.25, 0.3) is 11.2 Å². The van der Waals surface area contributed by atoms with E-state index in [1.54, 1.807) is 0 Å². The molecule has 10 heteroatoms. The van der Waals surface area contributed by atoms with Crippen LogP contribution in [0.4, 0.5) is 5.95 Å². The number of aromatic nitrogens is 6. The zero-order chi connectivity index (χ0) is 13.6. The van der Waals surface area contributed by atoms with Crippen molar-refractivity contribution in [1.82, 2.24) is 29.3 Å². The van der Waals surface area contributed by atoms with E-state index in [0.717, 1.165) is 4.68 Å². The minimum Gasteiger partial charge on any atom is -0.368 e. The Kier molecular flexibility index (Phi) is 2.45. The van der Waals surface area contributed by atoms with Crippen molar-refractivity contribution >= 4 is 33.0 Å². The molecule has 0 aliphatic carbocycles. The molecule has 0 spiro atoms. The molecule has 0 fully saturated rings. The quantitative estimate of drug-likeness (QED) is 0.612. The first-order valence-electron chi connectivity index (χ1n) is 5.04. The average molecular weight is 324 g/mol. The second kappa shape index (κ2) is 4.02. The van der Waals surface area contributed by atoms with E-state index in [-0.39, 0.29) is 10.4 Å². The number of hydrogen-bond acceptors (Lipinski definition) is 6. The number of nitrogen functional groups attached to an aromatic ring is 1. The molecule has 3 aromatic heterocycles. The standard InChI is InChI=1S/C9H6BrN7O2/c10-4-2-16(9(19)15-7(4)18)17-3-13-5-1-12-8(11)14-6(5)17/h1-3H,(H2,11,12,14)(H,15,18,19). The normalized spacial score (nSPS) is 11.0. The molecule has 0 bridgehead atoms. The van der Waals surface area contributed by atoms with Crippen LogP contribution in [0.15, 0.2) is 32.8 Å². The van der Waals surface area contributed by atoms with Crippen LogP contribution in [0, 0.1) is 0 Å². The van der Waals surface area contributed by atoms with E-state index in [9.17, 15) is 9.59 Å². The molecule has 0 radical (unpaired) electrons. The highest BCUT2D eigenvalue weighted by Gasteiger charge is 2.09. The zero-order valence-electron chi connectivity index (χ0n) is 9.24. The molecule has 0 atom stereocenters. The smallest absolute Gasteiger partial charge is 0.347 e. The maximum Gasteiger partial charge on any atom is 0.347 e. The van der Waals surface area contributed by atoms with Gasteiger partial charge in [0.2, 0.25) is 5.95 Å². The monoisotopic (exact) mass is 323 g/mol. The second-order valence-electron chi connectivity index (χ2n) is 3.61. The lowest BCUT2D eigenvalue weighted by Crippen LogP contribution is -2.33. The molecule has 3 heterocycles. The zero-order valence-corrected chi connectivity index (χ0v) is 10.8. The summed E-state index contributed by atoms with van der Waals surface area (Å²) < 4.78 is 2.71. The van der Waals surface area contributed by atoms with E-state index in [0.29, 0.717) is 11.2 Å². The van der Waals surface area contributed by atoms with Gasteiger partial charge in [-0.15, -0.1) is 0 Å². The molecule has 3 rings (SSSR count). The van der Waals surface area contributed by atoms with E-state index in [1.807, 2.05) is 0 Å². The maximum atomic E-state index is 11.8. The predicted octanol–water partition coefficient (Wildman–Crippen LogP) is -0.668. The van der Waals surface area contributed by atoms with E-state index >= 15 is 0 Å². The first-order valence-corrected chi connectivity index (χ1v) is 5.83. The first-order chi connectivity index (χ1) is 9.06. The Morgan fingerprint density at radius 2 is 2.05 bits per heavy atom. The van der Waals surface area contributed by atoms with Crippen molar-refractivity contribution < 1.29 is 0 Å². The van der Waals surface area contributed by atoms with Crippen LogP contribution in [0.1, 0.15) is 0 Å². The van der Waals surface area contributed by atoms with Crippen LogP contribution in [-0.2, 0) is 0 Å². The van der Waals surface area contributed by atoms with Crippen LogP contribution < -0.4 is 17.0 Å². The highest BCUT2D eigenvalue weighted by molar-refractivity contribution is 9.10. The number of rotatable bonds is 1. The predicted molar refractivity (Wildman–Crippen MR) is 69.6 cm³/mol. The number of nitrogens with two attached hydrogens (primary N) is 1. The van der Waals surface area contributed by atoms with Crippen molar-refractivity contribution in [2.24, 2.45) is 0 Å². The molecule has 9 nitrogen and oxygen atoms in total. The van der Waals surface area contributed by atoms with Gasteiger partial charge in [-0.2, -0.15) is 4.98 Å². The molecule has 0 aromatic carbocycles. The second-order valence-corrected chi connectivity index (χ2v) is 4.46. The number of aromatic amines is 1. The third-order valence-corrected chi connectivity index (χ3v) is 2.97. The van der Waals surface area contributed by atoms with E-state index in [4.69, 9.17) is 5.73 Å². The summed E-state index contributed by atoms with van der Waals surface area (Å²) in [5, 5.41) is 0. The molecule has 0 unspecified atom stereocenters. The number of imidazole rings is 1. The fourth-order valence-electron chi connectivity index (χ4n) is 1.57. The number of anilines is 1. The highest BCUT2D eigenvalue weighted by atomic mass is 79.9. The summed E-state index contributed by atoms with van der Waals surface area (Å²) in [6.07, 6.45) is 4.14. The summed E-state index contributed by atoms with van der Waals surface area (Å²) in [6.45, 7) is 0. The lowest BCUT2D eigenvalue weighted by molar-refractivity contribution is 0.616. The lowest BCUT2D eigenvalue weighted by Gasteiger charge is -2.06. The molecule has 0 saturated carbocycles. The third kappa shape index (κ3) is 1.81. The largest absolute Gasteiger partial charge is 0.368 e. The van der Waals surface area contributed by atoms with Gasteiger partial charge in [0.05, 0.1) is 12.4 Å². The molecule has 0 aliphatic rings. The summed E-state index contributed by atoms with van der Waals surface area (Å²) in [5.74, 6) is 0.0609. The van der Waals surface area contributed by atoms with Gasteiger partial charge in [-0.25, -0.2) is 24.1 Å². The Labute approximate surface area is 112 Å². The molecule has 0 amide bonds. The van der Waals surface area contributed by atoms with Gasteiger partial charge in [-0.1, -0.05) is 0 Å². The van der Waals surface area contributed by atoms with Gasteiger partial charge < -0.3 is 5.73 Å². The van der Waals surface area contributed by atoms with Crippen LogP contribution in [0.2, 0.25) is 0 Å². The van der Waals surface area contributed by atoms with Gasteiger partial charge >= 0.3 is 5.69 Å². The minimum atomic E-state index is -0.621. The van der Waals surface area contributed by atoms with Crippen molar-refractivity contribution in [3.8, 4) is 0 Å². The number of nitrogens with one attached hydrogen (secondary N) is 1. The van der Waals surface area contributed by atoms with Crippen LogP contribution in [-0.4, -0.2) is 29.3 Å². The van der Waals surface area contributed by atoms with Crippen molar-refractivity contribution in [3.63, 3.8) is 0 Å². The Hall–Kier alpha value is -2.49. The van der Waals surface area contributed by atoms with Crippen molar-refractivity contribution in [3.05, 3.63) is 44.0 Å². The average Bonchev–Trinajstić information content (AvgIpc) is 2.76. The molecule has 19 heavy (non-hydrogen) atoms. The summed E-state index contributed by atoms with van der Waals surface area (Å²) in [4.78, 5) is 37.1. The van der Waals surface area contributed by atoms with Gasteiger partial charge in [-0.3, -0.25) is 9.78 Å². The fourth-order valence-corrected chi connectivity index (χ4v) is 1.86. The molecule has 0 aliphatic heterocycles. The molecule has 3 N–H and O–H groups in total. The van der Waals surface area contributed by atoms with Gasteiger partial charge in [0, 0.05) is 0 Å². The van der Waals surface area contributed by atoms with Crippen LogP contribution >= 0.6 is 15.9 Å². The Morgan fingerprint density at radius 3 is 2.84 bits per heavy atom. The number of hydrogen-bond donors (Lipinski definition) is 2. The summed E-state index contributed by atoms with van der Waals surface area (Å²) >= 11 is 3.05. The number of nitrogens with zero attached hydrogens (tertiary/aromatic N) is 5. The van der Waals surface area contributed by atoms with Gasteiger partial charge in [0.25, 0.3) is 5.56 Å². The summed E-state index contributed by atoms with van der Waals surface area (Å²) in [5.41, 5.74) is 5.20. The fraction of sp³-hybridized carbons (Fsp3) is 0. The van der Waals surface area contributed by atoms with Gasteiger partial charge in [-0.05, 0) is 15.9 Å². The lowest BCUT2D eigenvalue weighted by atomic mass is 10.5. The molecule has 0 saturated heterocycles. The van der Waals surface area contributed by atoms with Crippen molar-refractivity contribution in [2.75, 3.05) is 5.73 Å².